The van der Waals surface area contributed by atoms with E-state index in [1.807, 2.05) is 0 Å². The highest BCUT2D eigenvalue weighted by molar-refractivity contribution is 5.08. The lowest BCUT2D eigenvalue weighted by atomic mass is 9.91. The van der Waals surface area contributed by atoms with Gasteiger partial charge in [0.1, 0.15) is 0 Å². The van der Waals surface area contributed by atoms with Crippen molar-refractivity contribution in [3.8, 4) is 0 Å². The quantitative estimate of drug-likeness (QED) is 0.808. The zero-order valence-corrected chi connectivity index (χ0v) is 9.49. The lowest BCUT2D eigenvalue weighted by Gasteiger charge is -2.23. The minimum Gasteiger partial charge on any atom is -0.339 e. The number of aromatic nitrogens is 2. The van der Waals surface area contributed by atoms with E-state index >= 15 is 0 Å². The third kappa shape index (κ3) is 2.04. The largest absolute Gasteiger partial charge is 0.339 e. The van der Waals surface area contributed by atoms with Crippen LogP contribution in [0.15, 0.2) is 4.52 Å². The Balaban J connectivity index is 2.17. The minimum atomic E-state index is -0.397. The van der Waals surface area contributed by atoms with Crippen molar-refractivity contribution in [2.75, 3.05) is 0 Å². The van der Waals surface area contributed by atoms with Crippen LogP contribution >= 0.6 is 0 Å². The van der Waals surface area contributed by atoms with E-state index in [0.717, 1.165) is 25.2 Å². The maximum absolute atomic E-state index is 6.28. The average Bonchev–Trinajstić information content (AvgIpc) is 2.96. The molecule has 0 amide bonds. The SMILES string of the molecule is CCCC(N)(CC)c1noc(C2CC2)n1. The molecule has 0 aromatic carbocycles. The summed E-state index contributed by atoms with van der Waals surface area (Å²) in [6.45, 7) is 4.20. The molecule has 1 aliphatic carbocycles. The van der Waals surface area contributed by atoms with Gasteiger partial charge in [-0.05, 0) is 25.7 Å². The number of rotatable bonds is 5. The van der Waals surface area contributed by atoms with Crippen molar-refractivity contribution < 1.29 is 4.52 Å². The van der Waals surface area contributed by atoms with E-state index < -0.39 is 5.54 Å². The number of nitrogens with zero attached hydrogens (tertiary/aromatic N) is 2. The molecule has 0 bridgehead atoms. The Morgan fingerprint density at radius 3 is 2.73 bits per heavy atom. The first-order valence-electron chi connectivity index (χ1n) is 5.82. The summed E-state index contributed by atoms with van der Waals surface area (Å²) in [7, 11) is 0. The Kier molecular flexibility index (Phi) is 2.78. The Bertz CT molecular complexity index is 332. The number of nitrogens with two attached hydrogens (primary N) is 1. The van der Waals surface area contributed by atoms with Crippen LogP contribution in [0.4, 0.5) is 0 Å². The Morgan fingerprint density at radius 1 is 1.47 bits per heavy atom. The molecule has 0 spiro atoms. The van der Waals surface area contributed by atoms with Gasteiger partial charge in [0.2, 0.25) is 5.89 Å². The monoisotopic (exact) mass is 209 g/mol. The zero-order valence-electron chi connectivity index (χ0n) is 9.49. The zero-order chi connectivity index (χ0) is 10.9. The Hall–Kier alpha value is -0.900. The lowest BCUT2D eigenvalue weighted by molar-refractivity contribution is 0.327. The molecule has 1 saturated carbocycles. The van der Waals surface area contributed by atoms with Crippen LogP contribution in [0.2, 0.25) is 0 Å². The van der Waals surface area contributed by atoms with Crippen LogP contribution in [0.1, 0.15) is 63.6 Å². The van der Waals surface area contributed by atoms with Gasteiger partial charge in [0, 0.05) is 5.92 Å². The molecule has 1 aromatic rings. The van der Waals surface area contributed by atoms with Crippen molar-refractivity contribution in [2.24, 2.45) is 5.73 Å². The van der Waals surface area contributed by atoms with Crippen LogP contribution in [0.5, 0.6) is 0 Å². The van der Waals surface area contributed by atoms with Crippen molar-refractivity contribution in [3.63, 3.8) is 0 Å². The Morgan fingerprint density at radius 2 is 2.20 bits per heavy atom. The van der Waals surface area contributed by atoms with E-state index in [1.165, 1.54) is 12.8 Å². The summed E-state index contributed by atoms with van der Waals surface area (Å²) in [6.07, 6.45) is 5.16. The second-order valence-electron chi connectivity index (χ2n) is 4.49. The van der Waals surface area contributed by atoms with Gasteiger partial charge in [-0.25, -0.2) is 0 Å². The first-order chi connectivity index (χ1) is 7.19. The second kappa shape index (κ2) is 3.93. The fourth-order valence-corrected chi connectivity index (χ4v) is 1.83. The summed E-state index contributed by atoms with van der Waals surface area (Å²) in [5, 5.41) is 4.03. The van der Waals surface area contributed by atoms with Crippen LogP contribution in [-0.2, 0) is 5.54 Å². The minimum absolute atomic E-state index is 0.397. The van der Waals surface area contributed by atoms with Gasteiger partial charge in [-0.1, -0.05) is 25.4 Å². The van der Waals surface area contributed by atoms with Crippen molar-refractivity contribution in [3.05, 3.63) is 11.7 Å². The van der Waals surface area contributed by atoms with Crippen LogP contribution in [-0.4, -0.2) is 10.1 Å². The summed E-state index contributed by atoms with van der Waals surface area (Å²) in [5.74, 6) is 1.98. The molecular weight excluding hydrogens is 190 g/mol. The summed E-state index contributed by atoms with van der Waals surface area (Å²) >= 11 is 0. The fourth-order valence-electron chi connectivity index (χ4n) is 1.83. The molecule has 1 aromatic heterocycles. The molecule has 0 saturated heterocycles. The van der Waals surface area contributed by atoms with Crippen molar-refractivity contribution in [1.29, 1.82) is 0 Å². The summed E-state index contributed by atoms with van der Waals surface area (Å²) in [4.78, 5) is 4.43. The maximum Gasteiger partial charge on any atom is 0.229 e. The van der Waals surface area contributed by atoms with Crippen LogP contribution in [0.25, 0.3) is 0 Å². The standard InChI is InChI=1S/C11H19N3O/c1-3-7-11(12,4-2)10-13-9(15-14-10)8-5-6-8/h8H,3-7,12H2,1-2H3. The van der Waals surface area contributed by atoms with E-state index in [9.17, 15) is 0 Å². The molecule has 0 radical (unpaired) electrons. The molecule has 2 rings (SSSR count). The van der Waals surface area contributed by atoms with E-state index in [4.69, 9.17) is 10.3 Å². The van der Waals surface area contributed by atoms with Crippen LogP contribution in [0.3, 0.4) is 0 Å². The third-order valence-corrected chi connectivity index (χ3v) is 3.14. The van der Waals surface area contributed by atoms with Crippen molar-refractivity contribution in [1.82, 2.24) is 10.1 Å². The first-order valence-corrected chi connectivity index (χ1v) is 5.82. The Labute approximate surface area is 90.2 Å². The molecule has 1 unspecified atom stereocenters. The lowest BCUT2D eigenvalue weighted by Crippen LogP contribution is -2.37. The highest BCUT2D eigenvalue weighted by atomic mass is 16.5. The molecule has 15 heavy (non-hydrogen) atoms. The highest BCUT2D eigenvalue weighted by Crippen LogP contribution is 2.39. The fraction of sp³-hybridized carbons (Fsp3) is 0.818. The van der Waals surface area contributed by atoms with Crippen LogP contribution < -0.4 is 5.73 Å². The molecular formula is C11H19N3O. The molecule has 1 heterocycles. The molecule has 2 N–H and O–H groups in total. The molecule has 1 fully saturated rings. The van der Waals surface area contributed by atoms with Gasteiger partial charge in [0.15, 0.2) is 5.82 Å². The molecule has 1 aliphatic rings. The predicted octanol–water partition coefficient (Wildman–Crippen LogP) is 2.31. The van der Waals surface area contributed by atoms with E-state index in [1.54, 1.807) is 0 Å². The highest BCUT2D eigenvalue weighted by Gasteiger charge is 2.34. The van der Waals surface area contributed by atoms with E-state index in [2.05, 4.69) is 24.0 Å². The number of hydrogen-bond acceptors (Lipinski definition) is 4. The van der Waals surface area contributed by atoms with Gasteiger partial charge in [-0.2, -0.15) is 4.98 Å². The third-order valence-electron chi connectivity index (χ3n) is 3.14. The molecule has 0 aliphatic heterocycles. The average molecular weight is 209 g/mol. The predicted molar refractivity (Wildman–Crippen MR) is 57.3 cm³/mol. The van der Waals surface area contributed by atoms with E-state index in [0.29, 0.717) is 11.7 Å². The van der Waals surface area contributed by atoms with Gasteiger partial charge >= 0.3 is 0 Å². The normalized spacial score (nSPS) is 20.2. The van der Waals surface area contributed by atoms with E-state index in [-0.39, 0.29) is 0 Å². The van der Waals surface area contributed by atoms with Gasteiger partial charge in [-0.3, -0.25) is 0 Å². The molecule has 84 valence electrons. The topological polar surface area (TPSA) is 64.9 Å². The second-order valence-corrected chi connectivity index (χ2v) is 4.49. The number of hydrogen-bond donors (Lipinski definition) is 1. The maximum atomic E-state index is 6.28. The molecule has 4 nitrogen and oxygen atoms in total. The first kappa shape index (κ1) is 10.6. The molecule has 4 heteroatoms. The summed E-state index contributed by atoms with van der Waals surface area (Å²) in [5.41, 5.74) is 5.88. The van der Waals surface area contributed by atoms with Gasteiger partial charge in [0.05, 0.1) is 5.54 Å². The van der Waals surface area contributed by atoms with Crippen LogP contribution in [0, 0.1) is 0 Å². The van der Waals surface area contributed by atoms with Crippen molar-refractivity contribution in [2.45, 2.75) is 57.4 Å². The van der Waals surface area contributed by atoms with Gasteiger partial charge in [0.25, 0.3) is 0 Å². The summed E-state index contributed by atoms with van der Waals surface area (Å²) < 4.78 is 5.24. The smallest absolute Gasteiger partial charge is 0.229 e. The van der Waals surface area contributed by atoms with Gasteiger partial charge < -0.3 is 10.3 Å². The van der Waals surface area contributed by atoms with Crippen molar-refractivity contribution >= 4 is 0 Å². The molecule has 1 atom stereocenters. The van der Waals surface area contributed by atoms with Gasteiger partial charge in [-0.15, -0.1) is 0 Å². The summed E-state index contributed by atoms with van der Waals surface area (Å²) in [6, 6.07) is 0.